The first-order chi connectivity index (χ1) is 15.9. The SMILES string of the molecule is CN1CCN(Cc2ccc(-c3nc(CC(=O)Nc4ccc(CC(=O)O)cc4)cs3)cc2)CC1. The standard InChI is InChI=1S/C25H28N4O3S/c1-28-10-12-29(13-11-28)16-19-2-6-20(7-3-19)25-27-22(17-33-25)15-23(30)26-21-8-4-18(5-9-21)14-24(31)32/h2-9,17H,10-16H2,1H3,(H,26,30)(H,31,32). The highest BCUT2D eigenvalue weighted by Crippen LogP contribution is 2.25. The van der Waals surface area contributed by atoms with Gasteiger partial charge in [0.15, 0.2) is 0 Å². The molecule has 2 aromatic carbocycles. The molecule has 7 nitrogen and oxygen atoms in total. The van der Waals surface area contributed by atoms with Gasteiger partial charge in [-0.25, -0.2) is 4.98 Å². The number of nitrogens with zero attached hydrogens (tertiary/aromatic N) is 3. The number of thiazole rings is 1. The number of hydrogen-bond donors (Lipinski definition) is 2. The molecule has 1 aliphatic heterocycles. The quantitative estimate of drug-likeness (QED) is 0.532. The van der Waals surface area contributed by atoms with Crippen LogP contribution in [0.3, 0.4) is 0 Å². The largest absolute Gasteiger partial charge is 0.481 e. The fourth-order valence-corrected chi connectivity index (χ4v) is 4.61. The maximum absolute atomic E-state index is 12.4. The Bertz CT molecular complexity index is 1090. The van der Waals surface area contributed by atoms with Crippen LogP contribution in [0.5, 0.6) is 0 Å². The predicted octanol–water partition coefficient (Wildman–Crippen LogP) is 3.37. The van der Waals surface area contributed by atoms with Crippen molar-refractivity contribution in [1.82, 2.24) is 14.8 Å². The Labute approximate surface area is 197 Å². The van der Waals surface area contributed by atoms with E-state index in [0.29, 0.717) is 11.3 Å². The number of benzene rings is 2. The number of hydrogen-bond acceptors (Lipinski definition) is 6. The van der Waals surface area contributed by atoms with Crippen molar-refractivity contribution in [2.75, 3.05) is 38.5 Å². The normalized spacial score (nSPS) is 14.8. The van der Waals surface area contributed by atoms with Crippen molar-refractivity contribution in [2.24, 2.45) is 0 Å². The van der Waals surface area contributed by atoms with Crippen LogP contribution in [0.2, 0.25) is 0 Å². The maximum atomic E-state index is 12.4. The topological polar surface area (TPSA) is 85.8 Å². The minimum absolute atomic E-state index is 0.0351. The summed E-state index contributed by atoms with van der Waals surface area (Å²) in [5.41, 5.74) is 4.42. The Balaban J connectivity index is 1.30. The van der Waals surface area contributed by atoms with Crippen LogP contribution >= 0.6 is 11.3 Å². The first-order valence-electron chi connectivity index (χ1n) is 11.0. The van der Waals surface area contributed by atoms with E-state index < -0.39 is 5.97 Å². The molecular weight excluding hydrogens is 436 g/mol. The van der Waals surface area contributed by atoms with Crippen molar-refractivity contribution in [1.29, 1.82) is 0 Å². The van der Waals surface area contributed by atoms with Crippen LogP contribution < -0.4 is 5.32 Å². The average molecular weight is 465 g/mol. The van der Waals surface area contributed by atoms with Crippen molar-refractivity contribution in [2.45, 2.75) is 19.4 Å². The number of anilines is 1. The molecule has 4 rings (SSSR count). The highest BCUT2D eigenvalue weighted by molar-refractivity contribution is 7.13. The van der Waals surface area contributed by atoms with E-state index in [1.165, 1.54) is 16.9 Å². The number of carboxylic acid groups (broad SMARTS) is 1. The molecule has 0 radical (unpaired) electrons. The lowest BCUT2D eigenvalue weighted by molar-refractivity contribution is -0.136. The number of aliphatic carboxylic acids is 1. The van der Waals surface area contributed by atoms with E-state index in [-0.39, 0.29) is 18.7 Å². The molecule has 0 aliphatic carbocycles. The lowest BCUT2D eigenvalue weighted by Gasteiger charge is -2.32. The molecule has 1 amide bonds. The highest BCUT2D eigenvalue weighted by Gasteiger charge is 2.14. The zero-order valence-electron chi connectivity index (χ0n) is 18.7. The van der Waals surface area contributed by atoms with Crippen LogP contribution in [0.4, 0.5) is 5.69 Å². The fourth-order valence-electron chi connectivity index (χ4n) is 3.79. The number of carbonyl (C=O) groups is 2. The third-order valence-corrected chi connectivity index (χ3v) is 6.63. The molecule has 0 unspecified atom stereocenters. The fraction of sp³-hybridized carbons (Fsp3) is 0.320. The summed E-state index contributed by atoms with van der Waals surface area (Å²) in [6.07, 6.45) is 0.154. The van der Waals surface area contributed by atoms with Gasteiger partial charge in [0.2, 0.25) is 5.91 Å². The van der Waals surface area contributed by atoms with Crippen LogP contribution in [0.15, 0.2) is 53.9 Å². The number of piperazine rings is 1. The molecule has 1 aromatic heterocycles. The van der Waals surface area contributed by atoms with Gasteiger partial charge in [-0.1, -0.05) is 36.4 Å². The molecule has 1 saturated heterocycles. The van der Waals surface area contributed by atoms with E-state index in [9.17, 15) is 9.59 Å². The summed E-state index contributed by atoms with van der Waals surface area (Å²) in [6.45, 7) is 5.40. The highest BCUT2D eigenvalue weighted by atomic mass is 32.1. The summed E-state index contributed by atoms with van der Waals surface area (Å²) < 4.78 is 0. The lowest BCUT2D eigenvalue weighted by Crippen LogP contribution is -2.43. The van der Waals surface area contributed by atoms with Crippen molar-refractivity contribution in [3.63, 3.8) is 0 Å². The number of carboxylic acids is 1. The third kappa shape index (κ3) is 6.71. The molecule has 0 saturated carbocycles. The molecule has 0 spiro atoms. The Morgan fingerprint density at radius 2 is 1.64 bits per heavy atom. The number of aromatic nitrogens is 1. The number of rotatable bonds is 8. The van der Waals surface area contributed by atoms with Gasteiger partial charge in [-0.3, -0.25) is 14.5 Å². The first kappa shape index (κ1) is 23.1. The van der Waals surface area contributed by atoms with Gasteiger partial charge in [0.25, 0.3) is 0 Å². The summed E-state index contributed by atoms with van der Waals surface area (Å²) >= 11 is 1.54. The van der Waals surface area contributed by atoms with Gasteiger partial charge in [0.1, 0.15) is 5.01 Å². The smallest absolute Gasteiger partial charge is 0.307 e. The monoisotopic (exact) mass is 464 g/mol. The van der Waals surface area contributed by atoms with Crippen LogP contribution in [-0.4, -0.2) is 65.0 Å². The van der Waals surface area contributed by atoms with E-state index in [4.69, 9.17) is 5.11 Å². The van der Waals surface area contributed by atoms with Gasteiger partial charge in [-0.05, 0) is 30.3 Å². The van der Waals surface area contributed by atoms with Crippen LogP contribution in [0.1, 0.15) is 16.8 Å². The zero-order valence-corrected chi connectivity index (χ0v) is 19.5. The molecule has 172 valence electrons. The molecule has 0 bridgehead atoms. The summed E-state index contributed by atoms with van der Waals surface area (Å²) in [7, 11) is 2.17. The second-order valence-corrected chi connectivity index (χ2v) is 9.27. The van der Waals surface area contributed by atoms with Gasteiger partial charge >= 0.3 is 5.97 Å². The summed E-state index contributed by atoms with van der Waals surface area (Å²) in [4.78, 5) is 32.6. The second-order valence-electron chi connectivity index (χ2n) is 8.41. The van der Waals surface area contributed by atoms with E-state index in [2.05, 4.69) is 51.4 Å². The maximum Gasteiger partial charge on any atom is 0.307 e. The molecule has 3 aromatic rings. The predicted molar refractivity (Wildman–Crippen MR) is 130 cm³/mol. The molecular formula is C25H28N4O3S. The number of carbonyl (C=O) groups excluding carboxylic acids is 1. The Hall–Kier alpha value is -3.07. The minimum Gasteiger partial charge on any atom is -0.481 e. The third-order valence-electron chi connectivity index (χ3n) is 5.69. The molecule has 33 heavy (non-hydrogen) atoms. The molecule has 2 heterocycles. The summed E-state index contributed by atoms with van der Waals surface area (Å²) in [6, 6.07) is 15.4. The van der Waals surface area contributed by atoms with E-state index in [1.54, 1.807) is 24.3 Å². The van der Waals surface area contributed by atoms with Crippen LogP contribution in [-0.2, 0) is 29.0 Å². The Kier molecular flexibility index (Phi) is 7.49. The molecule has 0 atom stereocenters. The molecule has 8 heteroatoms. The minimum atomic E-state index is -0.879. The Morgan fingerprint density at radius 3 is 2.30 bits per heavy atom. The zero-order chi connectivity index (χ0) is 23.2. The lowest BCUT2D eigenvalue weighted by atomic mass is 10.1. The van der Waals surface area contributed by atoms with Gasteiger partial charge < -0.3 is 15.3 Å². The first-order valence-corrected chi connectivity index (χ1v) is 11.9. The number of nitrogens with one attached hydrogen (secondary N) is 1. The Morgan fingerprint density at radius 1 is 0.970 bits per heavy atom. The van der Waals surface area contributed by atoms with Crippen molar-refractivity contribution in [3.05, 3.63) is 70.7 Å². The van der Waals surface area contributed by atoms with Gasteiger partial charge in [0.05, 0.1) is 18.5 Å². The van der Waals surface area contributed by atoms with Crippen molar-refractivity contribution < 1.29 is 14.7 Å². The van der Waals surface area contributed by atoms with E-state index >= 15 is 0 Å². The number of amides is 1. The average Bonchev–Trinajstić information content (AvgIpc) is 3.25. The van der Waals surface area contributed by atoms with Gasteiger partial charge in [0, 0.05) is 49.4 Å². The molecule has 1 aliphatic rings. The molecule has 2 N–H and O–H groups in total. The summed E-state index contributed by atoms with van der Waals surface area (Å²) in [5, 5.41) is 14.5. The van der Waals surface area contributed by atoms with Crippen molar-refractivity contribution in [3.8, 4) is 10.6 Å². The number of likely N-dealkylation sites (N-methyl/N-ethyl adjacent to an activating group) is 1. The van der Waals surface area contributed by atoms with Gasteiger partial charge in [-0.15, -0.1) is 11.3 Å². The van der Waals surface area contributed by atoms with Crippen LogP contribution in [0, 0.1) is 0 Å². The van der Waals surface area contributed by atoms with Gasteiger partial charge in [-0.2, -0.15) is 0 Å². The molecule has 1 fully saturated rings. The van der Waals surface area contributed by atoms with Crippen molar-refractivity contribution >= 4 is 28.9 Å². The van der Waals surface area contributed by atoms with E-state index in [1.807, 2.05) is 5.38 Å². The summed E-state index contributed by atoms with van der Waals surface area (Å²) in [5.74, 6) is -1.03. The second kappa shape index (κ2) is 10.7. The van der Waals surface area contributed by atoms with E-state index in [0.717, 1.165) is 49.0 Å². The van der Waals surface area contributed by atoms with Crippen LogP contribution in [0.25, 0.3) is 10.6 Å².